The van der Waals surface area contributed by atoms with Crippen LogP contribution in [0.5, 0.6) is 0 Å². The van der Waals surface area contributed by atoms with Crippen molar-refractivity contribution in [1.29, 1.82) is 0 Å². The number of nitrogens with zero attached hydrogens (tertiary/aromatic N) is 2. The van der Waals surface area contributed by atoms with Crippen LogP contribution in [-0.2, 0) is 11.3 Å². The van der Waals surface area contributed by atoms with Gasteiger partial charge >= 0.3 is 5.97 Å². The molecular weight excluding hydrogens is 204 g/mol. The molecule has 1 saturated carbocycles. The fourth-order valence-electron chi connectivity index (χ4n) is 2.70. The summed E-state index contributed by atoms with van der Waals surface area (Å²) in [5.41, 5.74) is 1.15. The number of carbonyl (C=O) groups is 1. The number of carboxylic acid groups (broad SMARTS) is 1. The van der Waals surface area contributed by atoms with Crippen LogP contribution in [0, 0.1) is 0 Å². The van der Waals surface area contributed by atoms with Gasteiger partial charge in [0, 0.05) is 30.3 Å². The first-order valence-corrected chi connectivity index (χ1v) is 6.03. The lowest BCUT2D eigenvalue weighted by Gasteiger charge is -2.24. The standard InChI is InChI=1S/C12H16N2O2/c15-11(16)6-9-2-1-5-14-10(9)7-13-12(14)8-3-4-8/h7-9H,1-6H2,(H,15,16). The molecule has 1 aromatic heterocycles. The maximum absolute atomic E-state index is 10.8. The molecule has 86 valence electrons. The fraction of sp³-hybridized carbons (Fsp3) is 0.667. The maximum Gasteiger partial charge on any atom is 0.304 e. The van der Waals surface area contributed by atoms with E-state index >= 15 is 0 Å². The van der Waals surface area contributed by atoms with Gasteiger partial charge in [0.05, 0.1) is 6.42 Å². The fourth-order valence-corrected chi connectivity index (χ4v) is 2.70. The minimum atomic E-state index is -0.701. The number of aromatic nitrogens is 2. The quantitative estimate of drug-likeness (QED) is 0.848. The van der Waals surface area contributed by atoms with E-state index in [0.717, 1.165) is 25.1 Å². The van der Waals surface area contributed by atoms with Gasteiger partial charge in [0.15, 0.2) is 0 Å². The van der Waals surface area contributed by atoms with Gasteiger partial charge in [-0.25, -0.2) is 4.98 Å². The summed E-state index contributed by atoms with van der Waals surface area (Å²) in [6, 6.07) is 0. The van der Waals surface area contributed by atoms with E-state index in [1.807, 2.05) is 6.20 Å². The van der Waals surface area contributed by atoms with Crippen molar-refractivity contribution in [1.82, 2.24) is 9.55 Å². The molecule has 0 saturated heterocycles. The topological polar surface area (TPSA) is 55.1 Å². The van der Waals surface area contributed by atoms with Crippen LogP contribution in [0.1, 0.15) is 55.5 Å². The van der Waals surface area contributed by atoms with E-state index in [-0.39, 0.29) is 12.3 Å². The number of rotatable bonds is 3. The molecule has 16 heavy (non-hydrogen) atoms. The zero-order chi connectivity index (χ0) is 11.1. The largest absolute Gasteiger partial charge is 0.481 e. The third kappa shape index (κ3) is 1.62. The molecule has 1 aliphatic heterocycles. The van der Waals surface area contributed by atoms with Crippen LogP contribution < -0.4 is 0 Å². The Labute approximate surface area is 94.3 Å². The third-order valence-corrected chi connectivity index (χ3v) is 3.63. The van der Waals surface area contributed by atoms with Crippen LogP contribution in [0.2, 0.25) is 0 Å². The monoisotopic (exact) mass is 220 g/mol. The Hall–Kier alpha value is -1.32. The smallest absolute Gasteiger partial charge is 0.304 e. The summed E-state index contributed by atoms with van der Waals surface area (Å²) in [5.74, 6) is 1.32. The summed E-state index contributed by atoms with van der Waals surface area (Å²) < 4.78 is 2.27. The summed E-state index contributed by atoms with van der Waals surface area (Å²) in [6.45, 7) is 1.03. The zero-order valence-corrected chi connectivity index (χ0v) is 9.22. The molecule has 1 aromatic rings. The first-order chi connectivity index (χ1) is 7.75. The highest BCUT2D eigenvalue weighted by Crippen LogP contribution is 2.42. The van der Waals surface area contributed by atoms with Gasteiger partial charge in [0.2, 0.25) is 0 Å². The Morgan fingerprint density at radius 2 is 2.31 bits per heavy atom. The van der Waals surface area contributed by atoms with Gasteiger partial charge in [-0.1, -0.05) is 0 Å². The lowest BCUT2D eigenvalue weighted by Crippen LogP contribution is -2.19. The normalized spacial score (nSPS) is 24.1. The molecule has 1 N–H and O–H groups in total. The number of hydrogen-bond acceptors (Lipinski definition) is 2. The van der Waals surface area contributed by atoms with Gasteiger partial charge < -0.3 is 9.67 Å². The Balaban J connectivity index is 1.90. The van der Waals surface area contributed by atoms with Gasteiger partial charge in [0.25, 0.3) is 0 Å². The number of hydrogen-bond donors (Lipinski definition) is 1. The molecule has 2 heterocycles. The molecule has 3 rings (SSSR count). The van der Waals surface area contributed by atoms with Crippen molar-refractivity contribution in [2.45, 2.75) is 50.5 Å². The minimum Gasteiger partial charge on any atom is -0.481 e. The Morgan fingerprint density at radius 3 is 3.00 bits per heavy atom. The lowest BCUT2D eigenvalue weighted by molar-refractivity contribution is -0.137. The first kappa shape index (κ1) is 9.87. The van der Waals surface area contributed by atoms with Crippen molar-refractivity contribution in [3.8, 4) is 0 Å². The molecule has 0 spiro atoms. The molecule has 0 bridgehead atoms. The van der Waals surface area contributed by atoms with Crippen molar-refractivity contribution in [3.63, 3.8) is 0 Å². The zero-order valence-electron chi connectivity index (χ0n) is 9.22. The van der Waals surface area contributed by atoms with Crippen molar-refractivity contribution in [2.75, 3.05) is 0 Å². The van der Waals surface area contributed by atoms with E-state index in [2.05, 4.69) is 9.55 Å². The molecule has 4 nitrogen and oxygen atoms in total. The van der Waals surface area contributed by atoms with Crippen LogP contribution in [0.15, 0.2) is 6.20 Å². The Morgan fingerprint density at radius 1 is 1.50 bits per heavy atom. The van der Waals surface area contributed by atoms with E-state index in [1.165, 1.54) is 18.7 Å². The molecule has 0 radical (unpaired) electrons. The molecule has 1 unspecified atom stereocenters. The second kappa shape index (κ2) is 3.61. The van der Waals surface area contributed by atoms with Gasteiger partial charge in [-0.2, -0.15) is 0 Å². The Kier molecular flexibility index (Phi) is 2.23. The Bertz CT molecular complexity index is 421. The predicted octanol–water partition coefficient (Wildman–Crippen LogP) is 2.11. The third-order valence-electron chi connectivity index (χ3n) is 3.63. The summed E-state index contributed by atoms with van der Waals surface area (Å²) >= 11 is 0. The number of fused-ring (bicyclic) bond motifs is 1. The average Bonchev–Trinajstić information content (AvgIpc) is 2.98. The average molecular weight is 220 g/mol. The van der Waals surface area contributed by atoms with E-state index < -0.39 is 5.97 Å². The number of carboxylic acids is 1. The highest BCUT2D eigenvalue weighted by atomic mass is 16.4. The highest BCUT2D eigenvalue weighted by molar-refractivity contribution is 5.67. The van der Waals surface area contributed by atoms with Gasteiger partial charge in [-0.3, -0.25) is 4.79 Å². The SMILES string of the molecule is O=C(O)CC1CCCn2c1cnc2C1CC1. The summed E-state index contributed by atoms with van der Waals surface area (Å²) in [7, 11) is 0. The van der Waals surface area contributed by atoms with Crippen molar-refractivity contribution >= 4 is 5.97 Å². The van der Waals surface area contributed by atoms with Gasteiger partial charge in [-0.15, -0.1) is 0 Å². The number of aliphatic carboxylic acids is 1. The van der Waals surface area contributed by atoms with E-state index in [0.29, 0.717) is 5.92 Å². The van der Waals surface area contributed by atoms with Crippen LogP contribution in [0.25, 0.3) is 0 Å². The second-order valence-corrected chi connectivity index (χ2v) is 4.90. The van der Waals surface area contributed by atoms with Crippen LogP contribution in [0.3, 0.4) is 0 Å². The maximum atomic E-state index is 10.8. The molecule has 2 aliphatic rings. The molecular formula is C12H16N2O2. The highest BCUT2D eigenvalue weighted by Gasteiger charge is 2.32. The molecule has 0 amide bonds. The first-order valence-electron chi connectivity index (χ1n) is 6.03. The molecule has 1 fully saturated rings. The van der Waals surface area contributed by atoms with Crippen LogP contribution in [0.4, 0.5) is 0 Å². The van der Waals surface area contributed by atoms with Gasteiger partial charge in [-0.05, 0) is 25.7 Å². The lowest BCUT2D eigenvalue weighted by atomic mass is 9.93. The van der Waals surface area contributed by atoms with Gasteiger partial charge in [0.1, 0.15) is 5.82 Å². The molecule has 1 aliphatic carbocycles. The van der Waals surface area contributed by atoms with Crippen molar-refractivity contribution < 1.29 is 9.90 Å². The predicted molar refractivity (Wildman–Crippen MR) is 58.4 cm³/mol. The summed E-state index contributed by atoms with van der Waals surface area (Å²) in [5, 5.41) is 8.89. The summed E-state index contributed by atoms with van der Waals surface area (Å²) in [4.78, 5) is 15.3. The van der Waals surface area contributed by atoms with E-state index in [1.54, 1.807) is 0 Å². The number of imidazole rings is 1. The van der Waals surface area contributed by atoms with Crippen LogP contribution in [-0.4, -0.2) is 20.6 Å². The molecule has 4 heteroatoms. The van der Waals surface area contributed by atoms with E-state index in [4.69, 9.17) is 5.11 Å². The summed E-state index contributed by atoms with van der Waals surface area (Å²) in [6.07, 6.45) is 6.72. The molecule has 1 atom stereocenters. The van der Waals surface area contributed by atoms with Crippen molar-refractivity contribution in [2.24, 2.45) is 0 Å². The molecule has 0 aromatic carbocycles. The van der Waals surface area contributed by atoms with Crippen LogP contribution >= 0.6 is 0 Å². The minimum absolute atomic E-state index is 0.172. The second-order valence-electron chi connectivity index (χ2n) is 4.90. The van der Waals surface area contributed by atoms with E-state index in [9.17, 15) is 4.79 Å². The van der Waals surface area contributed by atoms with Crippen molar-refractivity contribution in [3.05, 3.63) is 17.7 Å².